The molecule has 1 aromatic heterocycles. The van der Waals surface area contributed by atoms with Crippen LogP contribution in [0, 0.1) is 6.92 Å². The van der Waals surface area contributed by atoms with E-state index in [4.69, 9.17) is 4.74 Å². The number of aliphatic carboxylic acids is 1. The molecule has 1 unspecified atom stereocenters. The molecule has 5 nitrogen and oxygen atoms in total. The van der Waals surface area contributed by atoms with Gasteiger partial charge in [0.15, 0.2) is 6.10 Å². The Balaban J connectivity index is 0.00000167. The van der Waals surface area contributed by atoms with E-state index in [0.29, 0.717) is 11.3 Å². The summed E-state index contributed by atoms with van der Waals surface area (Å²) in [5.74, 6) is -1.06. The summed E-state index contributed by atoms with van der Waals surface area (Å²) in [7, 11) is 1.68. The van der Waals surface area contributed by atoms with Gasteiger partial charge in [-0.25, -0.2) is 4.79 Å². The summed E-state index contributed by atoms with van der Waals surface area (Å²) in [4.78, 5) is 26.0. The molecule has 0 aliphatic heterocycles. The summed E-state index contributed by atoms with van der Waals surface area (Å²) in [5, 5.41) is 10.3. The molecule has 1 heterocycles. The number of allylic oxidation sites excluding steroid dienone is 2. The van der Waals surface area contributed by atoms with Gasteiger partial charge in [-0.2, -0.15) is 0 Å². The molecule has 5 heteroatoms. The number of benzene rings is 1. The number of hydrogen-bond acceptors (Lipinski definition) is 3. The highest BCUT2D eigenvalue weighted by Gasteiger charge is 2.44. The molecule has 4 rings (SSSR count). The Morgan fingerprint density at radius 2 is 1.69 bits per heavy atom. The molecule has 2 aliphatic rings. The van der Waals surface area contributed by atoms with Crippen LogP contribution in [0.4, 0.5) is 0 Å². The van der Waals surface area contributed by atoms with Crippen LogP contribution < -0.4 is 5.56 Å². The normalized spacial score (nSPS) is 17.5. The SMILES string of the molecule is CC.CCc1ccc(-c2c(C3=C(C)CCCC3)c(C)c(=O)n(C)c2C(OC2(C)CC2)C(=O)O)cc1. The summed E-state index contributed by atoms with van der Waals surface area (Å²) in [6.45, 7) is 12.1. The van der Waals surface area contributed by atoms with Crippen LogP contribution in [0.25, 0.3) is 16.7 Å². The van der Waals surface area contributed by atoms with Crippen LogP contribution in [0.5, 0.6) is 0 Å². The third kappa shape index (κ3) is 5.45. The number of carbonyl (C=O) groups is 1. The molecule has 0 spiro atoms. The van der Waals surface area contributed by atoms with E-state index in [1.807, 2.05) is 27.7 Å². The molecule has 1 N–H and O–H groups in total. The van der Waals surface area contributed by atoms with Gasteiger partial charge in [-0.1, -0.05) is 50.6 Å². The summed E-state index contributed by atoms with van der Waals surface area (Å²) in [6.07, 6.45) is 5.49. The van der Waals surface area contributed by atoms with Crippen LogP contribution in [0.15, 0.2) is 34.6 Å². The maximum Gasteiger partial charge on any atom is 0.339 e. The van der Waals surface area contributed by atoms with Crippen molar-refractivity contribution in [1.29, 1.82) is 0 Å². The lowest BCUT2D eigenvalue weighted by atomic mass is 9.81. The van der Waals surface area contributed by atoms with Gasteiger partial charge in [-0.05, 0) is 88.0 Å². The van der Waals surface area contributed by atoms with Gasteiger partial charge in [-0.15, -0.1) is 0 Å². The van der Waals surface area contributed by atoms with Crippen LogP contribution in [-0.4, -0.2) is 21.2 Å². The van der Waals surface area contributed by atoms with Crippen LogP contribution in [0.2, 0.25) is 0 Å². The Morgan fingerprint density at radius 1 is 1.09 bits per heavy atom. The van der Waals surface area contributed by atoms with Crippen LogP contribution >= 0.6 is 0 Å². The van der Waals surface area contributed by atoms with E-state index >= 15 is 0 Å². The molecule has 0 amide bonds. The fourth-order valence-electron chi connectivity index (χ4n) is 5.03. The Bertz CT molecular complexity index is 1170. The van der Waals surface area contributed by atoms with Crippen LogP contribution in [0.1, 0.15) is 102 Å². The zero-order valence-electron chi connectivity index (χ0n) is 22.5. The average molecular weight is 480 g/mol. The second-order valence-electron chi connectivity index (χ2n) is 9.93. The largest absolute Gasteiger partial charge is 0.479 e. The Kier molecular flexibility index (Phi) is 8.42. The first-order chi connectivity index (χ1) is 16.7. The van der Waals surface area contributed by atoms with Crippen molar-refractivity contribution in [2.75, 3.05) is 0 Å². The van der Waals surface area contributed by atoms with E-state index in [9.17, 15) is 14.7 Å². The molecule has 0 bridgehead atoms. The summed E-state index contributed by atoms with van der Waals surface area (Å²) in [5.41, 5.74) is 6.86. The number of rotatable bonds is 7. The van der Waals surface area contributed by atoms with E-state index in [0.717, 1.165) is 61.6 Å². The maximum absolute atomic E-state index is 13.4. The van der Waals surface area contributed by atoms with Crippen molar-refractivity contribution in [3.63, 3.8) is 0 Å². The molecule has 1 aromatic carbocycles. The number of aromatic nitrogens is 1. The van der Waals surface area contributed by atoms with Crippen molar-refractivity contribution in [2.45, 2.75) is 98.2 Å². The smallest absolute Gasteiger partial charge is 0.339 e. The minimum absolute atomic E-state index is 0.157. The number of pyridine rings is 1. The fraction of sp³-hybridized carbons (Fsp3) is 0.533. The number of aryl methyl sites for hydroxylation is 1. The Hall–Kier alpha value is -2.66. The van der Waals surface area contributed by atoms with Gasteiger partial charge in [0.25, 0.3) is 5.56 Å². The summed E-state index contributed by atoms with van der Waals surface area (Å²) in [6, 6.07) is 8.29. The zero-order valence-corrected chi connectivity index (χ0v) is 22.5. The van der Waals surface area contributed by atoms with Crippen molar-refractivity contribution in [3.8, 4) is 11.1 Å². The van der Waals surface area contributed by atoms with Crippen LogP contribution in [0.3, 0.4) is 0 Å². The lowest BCUT2D eigenvalue weighted by molar-refractivity contribution is -0.156. The predicted octanol–water partition coefficient (Wildman–Crippen LogP) is 6.99. The molecule has 190 valence electrons. The van der Waals surface area contributed by atoms with Crippen molar-refractivity contribution >= 4 is 11.5 Å². The van der Waals surface area contributed by atoms with Gasteiger partial charge in [0.05, 0.1) is 11.3 Å². The quantitative estimate of drug-likeness (QED) is 0.464. The van der Waals surface area contributed by atoms with Crippen LogP contribution in [-0.2, 0) is 23.0 Å². The predicted molar refractivity (Wildman–Crippen MR) is 143 cm³/mol. The minimum Gasteiger partial charge on any atom is -0.479 e. The van der Waals surface area contributed by atoms with Gasteiger partial charge in [0.2, 0.25) is 0 Å². The van der Waals surface area contributed by atoms with E-state index in [1.54, 1.807) is 7.05 Å². The molecule has 2 aromatic rings. The van der Waals surface area contributed by atoms with E-state index < -0.39 is 17.7 Å². The first kappa shape index (κ1) is 26.9. The van der Waals surface area contributed by atoms with Gasteiger partial charge < -0.3 is 14.4 Å². The molecular formula is C30H41NO4. The number of ether oxygens (including phenoxy) is 1. The summed E-state index contributed by atoms with van der Waals surface area (Å²) < 4.78 is 7.68. The topological polar surface area (TPSA) is 68.5 Å². The highest BCUT2D eigenvalue weighted by molar-refractivity contribution is 5.88. The monoisotopic (exact) mass is 479 g/mol. The van der Waals surface area contributed by atoms with E-state index in [1.165, 1.54) is 21.3 Å². The average Bonchev–Trinajstić information content (AvgIpc) is 3.60. The molecular weight excluding hydrogens is 438 g/mol. The highest BCUT2D eigenvalue weighted by atomic mass is 16.5. The molecule has 1 fully saturated rings. The van der Waals surface area contributed by atoms with Gasteiger partial charge in [0.1, 0.15) is 0 Å². The van der Waals surface area contributed by atoms with Crippen molar-refractivity contribution < 1.29 is 14.6 Å². The Labute approximate surface area is 209 Å². The van der Waals surface area contributed by atoms with Crippen molar-refractivity contribution in [2.24, 2.45) is 7.05 Å². The van der Waals surface area contributed by atoms with Gasteiger partial charge in [-0.3, -0.25) is 4.79 Å². The molecule has 1 atom stereocenters. The third-order valence-corrected chi connectivity index (χ3v) is 7.39. The molecule has 0 radical (unpaired) electrons. The number of nitrogens with zero attached hydrogens (tertiary/aromatic N) is 1. The fourth-order valence-corrected chi connectivity index (χ4v) is 5.03. The van der Waals surface area contributed by atoms with Crippen molar-refractivity contribution in [1.82, 2.24) is 4.57 Å². The number of carboxylic acids is 1. The first-order valence-corrected chi connectivity index (χ1v) is 13.1. The standard InChI is InChI=1S/C28H35NO4.C2H6/c1-6-19-11-13-20(14-12-19)23-22(21-10-8-7-9-17(21)2)18(3)26(30)29(5)24(23)25(27(31)32)33-28(4)15-16-28;1-2/h11-14,25H,6-10,15-16H2,1-5H3,(H,31,32);1-2H3. The molecule has 1 saturated carbocycles. The van der Waals surface area contributed by atoms with Gasteiger partial charge in [0, 0.05) is 18.2 Å². The molecule has 35 heavy (non-hydrogen) atoms. The Morgan fingerprint density at radius 3 is 2.20 bits per heavy atom. The lowest BCUT2D eigenvalue weighted by Crippen LogP contribution is -2.32. The third-order valence-electron chi connectivity index (χ3n) is 7.39. The second kappa shape index (κ2) is 10.9. The maximum atomic E-state index is 13.4. The zero-order chi connectivity index (χ0) is 25.9. The summed E-state index contributed by atoms with van der Waals surface area (Å²) >= 11 is 0. The molecule has 2 aliphatic carbocycles. The van der Waals surface area contributed by atoms with E-state index in [2.05, 4.69) is 38.1 Å². The number of carboxylic acid groups (broad SMARTS) is 1. The second-order valence-corrected chi connectivity index (χ2v) is 9.93. The lowest BCUT2D eigenvalue weighted by Gasteiger charge is -2.29. The molecule has 0 saturated heterocycles. The minimum atomic E-state index is -1.21. The van der Waals surface area contributed by atoms with E-state index in [-0.39, 0.29) is 5.56 Å². The number of hydrogen-bond donors (Lipinski definition) is 1. The van der Waals surface area contributed by atoms with Crippen molar-refractivity contribution in [3.05, 3.63) is 62.6 Å². The highest BCUT2D eigenvalue weighted by Crippen LogP contribution is 2.46. The van der Waals surface area contributed by atoms with Gasteiger partial charge >= 0.3 is 5.97 Å². The first-order valence-electron chi connectivity index (χ1n) is 13.1.